The number of halogens is 1. The molecule has 0 aromatic heterocycles. The number of likely N-dealkylation sites (tertiary alicyclic amines) is 2. The number of carbonyl (C=O) groups excluding carboxylic acids is 1. The predicted molar refractivity (Wildman–Crippen MR) is 109 cm³/mol. The van der Waals surface area contributed by atoms with E-state index < -0.39 is 11.2 Å². The van der Waals surface area contributed by atoms with Crippen molar-refractivity contribution < 1.29 is 14.6 Å². The Morgan fingerprint density at radius 1 is 1.26 bits per heavy atom. The fourth-order valence-electron chi connectivity index (χ4n) is 4.31. The van der Waals surface area contributed by atoms with Crippen molar-refractivity contribution in [2.75, 3.05) is 32.7 Å². The van der Waals surface area contributed by atoms with E-state index >= 15 is 0 Å². The van der Waals surface area contributed by atoms with Gasteiger partial charge in [0.2, 0.25) is 0 Å². The van der Waals surface area contributed by atoms with Gasteiger partial charge in [-0.05, 0) is 38.5 Å². The van der Waals surface area contributed by atoms with Gasteiger partial charge in [0.15, 0.2) is 0 Å². The largest absolute Gasteiger partial charge is 0.444 e. The van der Waals surface area contributed by atoms with Crippen molar-refractivity contribution in [2.45, 2.75) is 32.0 Å². The summed E-state index contributed by atoms with van der Waals surface area (Å²) < 4.78 is 6.56. The Labute approximate surface area is 170 Å². The van der Waals surface area contributed by atoms with Crippen molar-refractivity contribution in [1.82, 2.24) is 9.80 Å². The molecule has 1 amide bonds. The third kappa shape index (κ3) is 4.23. The van der Waals surface area contributed by atoms with Crippen LogP contribution in [0.2, 0.25) is 0 Å². The van der Waals surface area contributed by atoms with Crippen LogP contribution in [0.25, 0.3) is 0 Å². The molecule has 0 saturated carbocycles. The molecule has 5 nitrogen and oxygen atoms in total. The van der Waals surface area contributed by atoms with Gasteiger partial charge in [0.1, 0.15) is 11.2 Å². The second-order valence-corrected chi connectivity index (χ2v) is 9.53. The first kappa shape index (κ1) is 20.4. The smallest absolute Gasteiger partial charge is 0.410 e. The van der Waals surface area contributed by atoms with Gasteiger partial charge in [-0.25, -0.2) is 4.79 Å². The van der Waals surface area contributed by atoms with Crippen LogP contribution in [0.5, 0.6) is 0 Å². The summed E-state index contributed by atoms with van der Waals surface area (Å²) in [4.78, 5) is 16.7. The van der Waals surface area contributed by atoms with Crippen molar-refractivity contribution in [3.05, 3.63) is 47.0 Å². The minimum atomic E-state index is -0.948. The number of benzene rings is 1. The summed E-state index contributed by atoms with van der Waals surface area (Å²) in [6, 6.07) is 7.89. The van der Waals surface area contributed by atoms with Gasteiger partial charge in [0.05, 0.1) is 0 Å². The summed E-state index contributed by atoms with van der Waals surface area (Å²) in [5.74, 6) is -0.169. The monoisotopic (exact) mass is 436 g/mol. The zero-order valence-electron chi connectivity index (χ0n) is 16.3. The van der Waals surface area contributed by atoms with Gasteiger partial charge in [-0.15, -0.1) is 6.58 Å². The van der Waals surface area contributed by atoms with Crippen LogP contribution in [-0.2, 0) is 10.3 Å². The van der Waals surface area contributed by atoms with Crippen LogP contribution in [0.3, 0.4) is 0 Å². The highest BCUT2D eigenvalue weighted by atomic mass is 79.9. The molecule has 1 N–H and O–H groups in total. The topological polar surface area (TPSA) is 53.0 Å². The Kier molecular flexibility index (Phi) is 5.71. The van der Waals surface area contributed by atoms with Crippen molar-refractivity contribution in [3.8, 4) is 0 Å². The Morgan fingerprint density at radius 3 is 2.30 bits per heavy atom. The first-order chi connectivity index (χ1) is 12.6. The molecule has 1 aromatic carbocycles. The minimum Gasteiger partial charge on any atom is -0.444 e. The highest BCUT2D eigenvalue weighted by molar-refractivity contribution is 9.10. The number of amides is 1. The lowest BCUT2D eigenvalue weighted by atomic mass is 9.66. The number of hydrogen-bond donors (Lipinski definition) is 1. The SMILES string of the molecule is C=CCN1CC2CN(C(=O)OC(C)(C)C)CC(C1)C2(O)c1ccc(Br)cc1. The molecule has 1 aromatic rings. The van der Waals surface area contributed by atoms with Crippen LogP contribution in [-0.4, -0.2) is 59.3 Å². The average molecular weight is 437 g/mol. The molecule has 2 aliphatic heterocycles. The van der Waals surface area contributed by atoms with E-state index in [1.165, 1.54) is 0 Å². The van der Waals surface area contributed by atoms with Gasteiger partial charge >= 0.3 is 6.09 Å². The van der Waals surface area contributed by atoms with Crippen LogP contribution >= 0.6 is 15.9 Å². The fraction of sp³-hybridized carbons (Fsp3) is 0.571. The molecule has 148 valence electrons. The number of fused-ring (bicyclic) bond motifs is 2. The van der Waals surface area contributed by atoms with E-state index in [4.69, 9.17) is 4.74 Å². The molecule has 0 spiro atoms. The van der Waals surface area contributed by atoms with E-state index in [-0.39, 0.29) is 17.9 Å². The fourth-order valence-corrected chi connectivity index (χ4v) is 4.57. The Morgan fingerprint density at radius 2 is 1.81 bits per heavy atom. The molecular weight excluding hydrogens is 408 g/mol. The molecule has 2 aliphatic rings. The average Bonchev–Trinajstić information content (AvgIpc) is 2.55. The second kappa shape index (κ2) is 7.57. The van der Waals surface area contributed by atoms with Gasteiger partial charge < -0.3 is 14.7 Å². The van der Waals surface area contributed by atoms with Gasteiger partial charge in [-0.2, -0.15) is 0 Å². The highest BCUT2D eigenvalue weighted by Crippen LogP contribution is 2.45. The van der Waals surface area contributed by atoms with Crippen LogP contribution in [0, 0.1) is 11.8 Å². The molecule has 0 aliphatic carbocycles. The number of nitrogens with zero attached hydrogens (tertiary/aromatic N) is 2. The normalized spacial score (nSPS) is 28.7. The maximum atomic E-state index is 12.6. The van der Waals surface area contributed by atoms with Crippen molar-refractivity contribution in [3.63, 3.8) is 0 Å². The van der Waals surface area contributed by atoms with Crippen LogP contribution in [0.4, 0.5) is 4.79 Å². The Hall–Kier alpha value is -1.37. The molecule has 6 heteroatoms. The standard InChI is InChI=1S/C21H29BrN2O3/c1-5-10-23-11-16-13-24(19(25)27-20(2,3)4)14-17(12-23)21(16,26)15-6-8-18(22)9-7-15/h5-9,16-17,26H,1,10-14H2,2-4H3. The van der Waals surface area contributed by atoms with Crippen LogP contribution in [0.15, 0.2) is 41.4 Å². The third-order valence-corrected chi connectivity index (χ3v) is 5.96. The number of hydrogen-bond acceptors (Lipinski definition) is 4. The molecule has 2 heterocycles. The first-order valence-corrected chi connectivity index (χ1v) is 10.2. The molecular formula is C21H29BrN2O3. The molecule has 2 bridgehead atoms. The summed E-state index contributed by atoms with van der Waals surface area (Å²) in [5.41, 5.74) is -0.556. The zero-order chi connectivity index (χ0) is 19.8. The second-order valence-electron chi connectivity index (χ2n) is 8.62. The highest BCUT2D eigenvalue weighted by Gasteiger charge is 2.54. The van der Waals surface area contributed by atoms with E-state index in [0.29, 0.717) is 26.2 Å². The number of aliphatic hydroxyl groups is 1. The summed E-state index contributed by atoms with van der Waals surface area (Å²) in [6.07, 6.45) is 1.60. The maximum Gasteiger partial charge on any atom is 0.410 e. The lowest BCUT2D eigenvalue weighted by Crippen LogP contribution is -2.66. The van der Waals surface area contributed by atoms with Gasteiger partial charge in [0.25, 0.3) is 0 Å². The zero-order valence-corrected chi connectivity index (χ0v) is 17.9. The van der Waals surface area contributed by atoms with Crippen molar-refractivity contribution in [2.24, 2.45) is 11.8 Å². The van der Waals surface area contributed by atoms with Crippen molar-refractivity contribution in [1.29, 1.82) is 0 Å². The Balaban J connectivity index is 1.88. The molecule has 2 unspecified atom stereocenters. The van der Waals surface area contributed by atoms with E-state index in [1.54, 1.807) is 4.90 Å². The van der Waals surface area contributed by atoms with Crippen LogP contribution in [0.1, 0.15) is 26.3 Å². The van der Waals surface area contributed by atoms with Crippen LogP contribution < -0.4 is 0 Å². The molecule has 2 saturated heterocycles. The summed E-state index contributed by atoms with van der Waals surface area (Å²) in [5, 5.41) is 11.8. The third-order valence-electron chi connectivity index (χ3n) is 5.43. The molecule has 27 heavy (non-hydrogen) atoms. The van der Waals surface area contributed by atoms with Gasteiger partial charge in [-0.3, -0.25) is 4.90 Å². The van der Waals surface area contributed by atoms with Gasteiger partial charge in [-0.1, -0.05) is 34.1 Å². The van der Waals surface area contributed by atoms with E-state index in [2.05, 4.69) is 27.4 Å². The van der Waals surface area contributed by atoms with E-state index in [0.717, 1.165) is 16.6 Å². The predicted octanol–water partition coefficient (Wildman–Crippen LogP) is 3.62. The number of piperidine rings is 2. The van der Waals surface area contributed by atoms with E-state index in [9.17, 15) is 9.90 Å². The lowest BCUT2D eigenvalue weighted by Gasteiger charge is -2.55. The summed E-state index contributed by atoms with van der Waals surface area (Å²) >= 11 is 3.46. The Bertz CT molecular complexity index is 682. The summed E-state index contributed by atoms with van der Waals surface area (Å²) in [6.45, 7) is 12.6. The first-order valence-electron chi connectivity index (χ1n) is 9.43. The quantitative estimate of drug-likeness (QED) is 0.734. The number of rotatable bonds is 3. The molecule has 0 radical (unpaired) electrons. The molecule has 2 atom stereocenters. The molecule has 2 fully saturated rings. The minimum absolute atomic E-state index is 0.0846. The summed E-state index contributed by atoms with van der Waals surface area (Å²) in [7, 11) is 0. The maximum absolute atomic E-state index is 12.6. The lowest BCUT2D eigenvalue weighted by molar-refractivity contribution is -0.160. The number of ether oxygens (including phenoxy) is 1. The van der Waals surface area contributed by atoms with Crippen molar-refractivity contribution >= 4 is 22.0 Å². The number of carbonyl (C=O) groups is 1. The molecule has 3 rings (SSSR count). The van der Waals surface area contributed by atoms with E-state index in [1.807, 2.05) is 51.1 Å². The van der Waals surface area contributed by atoms with Gasteiger partial charge in [0, 0.05) is 49.0 Å².